The van der Waals surface area contributed by atoms with Crippen molar-refractivity contribution in [1.82, 2.24) is 4.31 Å². The molecule has 0 aliphatic carbocycles. The minimum Gasteiger partial charge on any atom is -0.326 e. The molecule has 26 heavy (non-hydrogen) atoms. The van der Waals surface area contributed by atoms with E-state index in [2.05, 4.69) is 5.32 Å². The highest BCUT2D eigenvalue weighted by atomic mass is 35.5. The average Bonchev–Trinajstić information content (AvgIpc) is 2.58. The van der Waals surface area contributed by atoms with Crippen LogP contribution >= 0.6 is 23.2 Å². The number of nitrogens with one attached hydrogen (secondary N) is 1. The first-order valence-electron chi connectivity index (χ1n) is 7.67. The van der Waals surface area contributed by atoms with Crippen molar-refractivity contribution in [1.29, 1.82) is 0 Å². The molecule has 1 N–H and O–H groups in total. The van der Waals surface area contributed by atoms with Gasteiger partial charge in [-0.25, -0.2) is 17.1 Å². The number of hydrogen-bond acceptors (Lipinski definition) is 3. The molecule has 0 atom stereocenters. The zero-order valence-electron chi connectivity index (χ0n) is 13.9. The molecular weight excluding hydrogens is 402 g/mol. The van der Waals surface area contributed by atoms with Crippen LogP contribution in [-0.4, -0.2) is 32.2 Å². The summed E-state index contributed by atoms with van der Waals surface area (Å²) in [6.45, 7) is 0.147. The molecule has 0 unspecified atom stereocenters. The van der Waals surface area contributed by atoms with E-state index in [4.69, 9.17) is 23.2 Å². The van der Waals surface area contributed by atoms with E-state index < -0.39 is 15.8 Å². The van der Waals surface area contributed by atoms with Crippen LogP contribution < -0.4 is 5.32 Å². The molecule has 0 saturated heterocycles. The van der Waals surface area contributed by atoms with Crippen molar-refractivity contribution in [3.8, 4) is 0 Å². The minimum atomic E-state index is -3.72. The van der Waals surface area contributed by atoms with Crippen molar-refractivity contribution >= 4 is 44.8 Å². The monoisotopic (exact) mass is 418 g/mol. The van der Waals surface area contributed by atoms with E-state index in [0.29, 0.717) is 22.2 Å². The predicted octanol–water partition coefficient (Wildman–Crippen LogP) is 4.17. The zero-order valence-corrected chi connectivity index (χ0v) is 16.2. The molecule has 0 saturated carbocycles. The first-order chi connectivity index (χ1) is 12.2. The number of benzene rings is 2. The first-order valence-corrected chi connectivity index (χ1v) is 9.86. The third-order valence-electron chi connectivity index (χ3n) is 3.60. The molecule has 2 aromatic carbocycles. The Kier molecular flexibility index (Phi) is 7.00. The van der Waals surface area contributed by atoms with Gasteiger partial charge in [0.05, 0.1) is 14.9 Å². The zero-order chi connectivity index (χ0) is 19.3. The maximum atomic E-state index is 12.9. The molecule has 9 heteroatoms. The Labute approximate surface area is 161 Å². The number of halogens is 3. The molecule has 5 nitrogen and oxygen atoms in total. The van der Waals surface area contributed by atoms with Gasteiger partial charge in [0.25, 0.3) is 0 Å². The summed E-state index contributed by atoms with van der Waals surface area (Å²) in [5.41, 5.74) is 0.511. The molecule has 0 bridgehead atoms. The molecule has 0 aliphatic heterocycles. The lowest BCUT2D eigenvalue weighted by Crippen LogP contribution is -2.28. The summed E-state index contributed by atoms with van der Waals surface area (Å²) in [7, 11) is -2.31. The standard InChI is InChI=1S/C17H17Cl2FN2O3S/c1-22(26(24,25)14-7-4-12(20)5-8-14)10-2-3-17(23)21-13-6-9-15(18)16(19)11-13/h4-9,11H,2-3,10H2,1H3,(H,21,23). The van der Waals surface area contributed by atoms with E-state index in [-0.39, 0.29) is 23.8 Å². The Morgan fingerprint density at radius 2 is 1.77 bits per heavy atom. The second-order valence-corrected chi connectivity index (χ2v) is 8.42. The van der Waals surface area contributed by atoms with Crippen molar-refractivity contribution in [3.63, 3.8) is 0 Å². The van der Waals surface area contributed by atoms with Crippen LogP contribution in [0.2, 0.25) is 10.0 Å². The second-order valence-electron chi connectivity index (χ2n) is 5.56. The number of rotatable bonds is 7. The third-order valence-corrected chi connectivity index (χ3v) is 6.21. The minimum absolute atomic E-state index is 0.00153. The van der Waals surface area contributed by atoms with Crippen LogP contribution in [0.5, 0.6) is 0 Å². The molecule has 0 aromatic heterocycles. The van der Waals surface area contributed by atoms with Crippen molar-refractivity contribution in [2.75, 3.05) is 18.9 Å². The topological polar surface area (TPSA) is 66.5 Å². The van der Waals surface area contributed by atoms with Gasteiger partial charge in [0.1, 0.15) is 5.82 Å². The fourth-order valence-electron chi connectivity index (χ4n) is 2.17. The van der Waals surface area contributed by atoms with Gasteiger partial charge >= 0.3 is 0 Å². The average molecular weight is 419 g/mol. The van der Waals surface area contributed by atoms with Gasteiger partial charge in [0, 0.05) is 25.7 Å². The third kappa shape index (κ3) is 5.41. The Morgan fingerprint density at radius 3 is 2.38 bits per heavy atom. The van der Waals surface area contributed by atoms with E-state index >= 15 is 0 Å². The van der Waals surface area contributed by atoms with Crippen LogP contribution in [0, 0.1) is 5.82 Å². The lowest BCUT2D eigenvalue weighted by molar-refractivity contribution is -0.116. The van der Waals surface area contributed by atoms with Crippen molar-refractivity contribution in [3.05, 3.63) is 58.3 Å². The summed E-state index contributed by atoms with van der Waals surface area (Å²) in [4.78, 5) is 12.0. The molecule has 140 valence electrons. The Bertz CT molecular complexity index is 889. The molecule has 1 amide bonds. The van der Waals surface area contributed by atoms with Crippen LogP contribution in [0.1, 0.15) is 12.8 Å². The van der Waals surface area contributed by atoms with Gasteiger partial charge in [-0.2, -0.15) is 0 Å². The summed E-state index contributed by atoms with van der Waals surface area (Å²) >= 11 is 11.7. The van der Waals surface area contributed by atoms with Crippen LogP contribution in [0.15, 0.2) is 47.4 Å². The number of hydrogen-bond donors (Lipinski definition) is 1. The highest BCUT2D eigenvalue weighted by Crippen LogP contribution is 2.25. The fourth-order valence-corrected chi connectivity index (χ4v) is 3.67. The second kappa shape index (κ2) is 8.81. The van der Waals surface area contributed by atoms with E-state index in [0.717, 1.165) is 16.4 Å². The molecule has 0 radical (unpaired) electrons. The van der Waals surface area contributed by atoms with E-state index in [9.17, 15) is 17.6 Å². The quantitative estimate of drug-likeness (QED) is 0.733. The van der Waals surface area contributed by atoms with E-state index in [1.807, 2.05) is 0 Å². The number of sulfonamides is 1. The van der Waals surface area contributed by atoms with Crippen molar-refractivity contribution < 1.29 is 17.6 Å². The van der Waals surface area contributed by atoms with Crippen LogP contribution in [0.25, 0.3) is 0 Å². The van der Waals surface area contributed by atoms with Gasteiger partial charge in [-0.1, -0.05) is 23.2 Å². The molecule has 0 aliphatic rings. The fraction of sp³-hybridized carbons (Fsp3) is 0.235. The lowest BCUT2D eigenvalue weighted by atomic mass is 10.2. The number of anilines is 1. The summed E-state index contributed by atoms with van der Waals surface area (Å²) < 4.78 is 38.8. The van der Waals surface area contributed by atoms with Gasteiger partial charge in [0.2, 0.25) is 15.9 Å². The Balaban J connectivity index is 1.87. The van der Waals surface area contributed by atoms with Gasteiger partial charge < -0.3 is 5.32 Å². The molecule has 0 heterocycles. The first kappa shape index (κ1) is 20.6. The summed E-state index contributed by atoms with van der Waals surface area (Å²) in [6.07, 6.45) is 0.452. The normalized spacial score (nSPS) is 11.6. The molecule has 0 fully saturated rings. The molecular formula is C17H17Cl2FN2O3S. The number of nitrogens with zero attached hydrogens (tertiary/aromatic N) is 1. The number of carbonyl (C=O) groups excluding carboxylic acids is 1. The predicted molar refractivity (Wildman–Crippen MR) is 101 cm³/mol. The lowest BCUT2D eigenvalue weighted by Gasteiger charge is -2.17. The van der Waals surface area contributed by atoms with Gasteiger partial charge in [-0.3, -0.25) is 4.79 Å². The van der Waals surface area contributed by atoms with E-state index in [1.165, 1.54) is 25.2 Å². The number of amides is 1. The van der Waals surface area contributed by atoms with Gasteiger partial charge in [-0.05, 0) is 48.9 Å². The maximum Gasteiger partial charge on any atom is 0.242 e. The largest absolute Gasteiger partial charge is 0.326 e. The highest BCUT2D eigenvalue weighted by Gasteiger charge is 2.20. The highest BCUT2D eigenvalue weighted by molar-refractivity contribution is 7.89. The van der Waals surface area contributed by atoms with E-state index in [1.54, 1.807) is 12.1 Å². The molecule has 2 rings (SSSR count). The van der Waals surface area contributed by atoms with Crippen LogP contribution in [0.3, 0.4) is 0 Å². The van der Waals surface area contributed by atoms with Crippen molar-refractivity contribution in [2.45, 2.75) is 17.7 Å². The molecule has 2 aromatic rings. The Hall–Kier alpha value is -1.67. The van der Waals surface area contributed by atoms with Gasteiger partial charge in [-0.15, -0.1) is 0 Å². The summed E-state index contributed by atoms with van der Waals surface area (Å²) in [5, 5.41) is 3.38. The Morgan fingerprint density at radius 1 is 1.12 bits per heavy atom. The van der Waals surface area contributed by atoms with Crippen molar-refractivity contribution in [2.24, 2.45) is 0 Å². The summed E-state index contributed by atoms with van der Waals surface area (Å²) in [5.74, 6) is -0.776. The summed E-state index contributed by atoms with van der Waals surface area (Å²) in [6, 6.07) is 9.32. The maximum absolute atomic E-state index is 12.9. The smallest absolute Gasteiger partial charge is 0.242 e. The van der Waals surface area contributed by atoms with Crippen LogP contribution in [-0.2, 0) is 14.8 Å². The molecule has 0 spiro atoms. The van der Waals surface area contributed by atoms with Gasteiger partial charge in [0.15, 0.2) is 0 Å². The SMILES string of the molecule is CN(CCCC(=O)Nc1ccc(Cl)c(Cl)c1)S(=O)(=O)c1ccc(F)cc1. The number of carbonyl (C=O) groups is 1. The van der Waals surface area contributed by atoms with Crippen LogP contribution in [0.4, 0.5) is 10.1 Å².